The summed E-state index contributed by atoms with van der Waals surface area (Å²) in [7, 11) is -3.16. The quantitative estimate of drug-likeness (QED) is 0.682. The summed E-state index contributed by atoms with van der Waals surface area (Å²) >= 11 is 0. The molecule has 0 amide bonds. The monoisotopic (exact) mass is 250 g/mol. The van der Waals surface area contributed by atoms with E-state index >= 15 is 0 Å². The molecule has 0 bridgehead atoms. The third-order valence-corrected chi connectivity index (χ3v) is 4.46. The van der Waals surface area contributed by atoms with Crippen LogP contribution in [0.15, 0.2) is 0 Å². The lowest BCUT2D eigenvalue weighted by Crippen LogP contribution is -2.42. The van der Waals surface area contributed by atoms with E-state index in [4.69, 9.17) is 5.73 Å². The van der Waals surface area contributed by atoms with Crippen LogP contribution in [0.4, 0.5) is 0 Å². The predicted octanol–water partition coefficient (Wildman–Crippen LogP) is 1.33. The molecule has 0 aromatic rings. The molecule has 1 atom stereocenters. The fraction of sp³-hybridized carbons (Fsp3) is 1.00. The van der Waals surface area contributed by atoms with Gasteiger partial charge in [0, 0.05) is 12.6 Å². The third-order valence-electron chi connectivity index (χ3n) is 2.75. The lowest BCUT2D eigenvalue weighted by Gasteiger charge is -2.21. The maximum atomic E-state index is 11.6. The minimum Gasteiger partial charge on any atom is -0.326 e. The van der Waals surface area contributed by atoms with E-state index in [1.165, 1.54) is 0 Å². The van der Waals surface area contributed by atoms with Gasteiger partial charge in [0.05, 0.1) is 5.75 Å². The second kappa shape index (κ2) is 7.25. The zero-order valence-electron chi connectivity index (χ0n) is 10.9. The molecule has 3 N–H and O–H groups in total. The minimum atomic E-state index is -3.16. The summed E-state index contributed by atoms with van der Waals surface area (Å²) in [5.41, 5.74) is 5.95. The molecule has 0 heterocycles. The van der Waals surface area contributed by atoms with E-state index < -0.39 is 10.0 Å². The van der Waals surface area contributed by atoms with Crippen molar-refractivity contribution >= 4 is 10.0 Å². The van der Waals surface area contributed by atoms with Gasteiger partial charge in [-0.15, -0.1) is 0 Å². The molecule has 0 aliphatic heterocycles. The second-order valence-electron chi connectivity index (χ2n) is 4.76. The number of rotatable bonds is 8. The van der Waals surface area contributed by atoms with E-state index in [1.807, 2.05) is 13.8 Å². The van der Waals surface area contributed by atoms with Crippen molar-refractivity contribution in [2.75, 3.05) is 12.3 Å². The second-order valence-corrected chi connectivity index (χ2v) is 6.62. The molecule has 0 aliphatic carbocycles. The van der Waals surface area contributed by atoms with Crippen LogP contribution in [0.3, 0.4) is 0 Å². The molecule has 98 valence electrons. The summed E-state index contributed by atoms with van der Waals surface area (Å²) in [5.74, 6) is 0.700. The molecule has 0 radical (unpaired) electrons. The average molecular weight is 250 g/mol. The fourth-order valence-electron chi connectivity index (χ4n) is 1.78. The molecule has 0 aliphatic rings. The van der Waals surface area contributed by atoms with Crippen molar-refractivity contribution in [3.8, 4) is 0 Å². The minimum absolute atomic E-state index is 0.0862. The molecule has 0 fully saturated rings. The van der Waals surface area contributed by atoms with Crippen LogP contribution < -0.4 is 10.5 Å². The van der Waals surface area contributed by atoms with Crippen LogP contribution in [0.5, 0.6) is 0 Å². The van der Waals surface area contributed by atoms with Crippen LogP contribution in [0, 0.1) is 11.8 Å². The molecule has 0 spiro atoms. The van der Waals surface area contributed by atoms with E-state index in [-0.39, 0.29) is 17.7 Å². The molecule has 0 rings (SSSR count). The number of sulfonamides is 1. The Bertz CT molecular complexity index is 272. The Hall–Kier alpha value is -0.130. The summed E-state index contributed by atoms with van der Waals surface area (Å²) < 4.78 is 25.7. The van der Waals surface area contributed by atoms with Gasteiger partial charge in [0.1, 0.15) is 0 Å². The maximum Gasteiger partial charge on any atom is 0.211 e. The molecular formula is C11H26N2O2S. The first-order valence-electron chi connectivity index (χ1n) is 6.05. The Morgan fingerprint density at radius 3 is 2.06 bits per heavy atom. The lowest BCUT2D eigenvalue weighted by molar-refractivity contribution is 0.392. The molecule has 0 aromatic heterocycles. The molecule has 16 heavy (non-hydrogen) atoms. The topological polar surface area (TPSA) is 72.2 Å². The van der Waals surface area contributed by atoms with Crippen LogP contribution in [-0.4, -0.2) is 26.8 Å². The van der Waals surface area contributed by atoms with E-state index in [0.717, 1.165) is 12.8 Å². The SMILES string of the molecule is CCC(CC)C(N)CNS(=O)(=O)CC(C)C. The summed E-state index contributed by atoms with van der Waals surface area (Å²) in [5, 5.41) is 0. The van der Waals surface area contributed by atoms with Crippen molar-refractivity contribution in [2.45, 2.75) is 46.6 Å². The van der Waals surface area contributed by atoms with Crippen LogP contribution in [0.25, 0.3) is 0 Å². The Labute approximate surface area is 100 Å². The Balaban J connectivity index is 4.13. The van der Waals surface area contributed by atoms with Crippen LogP contribution >= 0.6 is 0 Å². The first-order chi connectivity index (χ1) is 7.32. The molecule has 0 saturated carbocycles. The molecule has 1 unspecified atom stereocenters. The Morgan fingerprint density at radius 2 is 1.69 bits per heavy atom. The van der Waals surface area contributed by atoms with Crippen molar-refractivity contribution in [3.05, 3.63) is 0 Å². The van der Waals surface area contributed by atoms with Crippen molar-refractivity contribution in [1.29, 1.82) is 0 Å². The van der Waals surface area contributed by atoms with E-state index in [9.17, 15) is 8.42 Å². The van der Waals surface area contributed by atoms with Crippen molar-refractivity contribution in [2.24, 2.45) is 17.6 Å². The highest BCUT2D eigenvalue weighted by atomic mass is 32.2. The molecular weight excluding hydrogens is 224 g/mol. The van der Waals surface area contributed by atoms with Crippen LogP contribution in [0.2, 0.25) is 0 Å². The fourth-order valence-corrected chi connectivity index (χ4v) is 3.22. The van der Waals surface area contributed by atoms with E-state index in [2.05, 4.69) is 18.6 Å². The van der Waals surface area contributed by atoms with E-state index in [1.54, 1.807) is 0 Å². The number of nitrogens with one attached hydrogen (secondary N) is 1. The molecule has 5 heteroatoms. The van der Waals surface area contributed by atoms with Gasteiger partial charge in [-0.1, -0.05) is 40.5 Å². The standard InChI is InChI=1S/C11H26N2O2S/c1-5-10(6-2)11(12)7-13-16(14,15)8-9(3)4/h9-11,13H,5-8,12H2,1-4H3. The smallest absolute Gasteiger partial charge is 0.211 e. The van der Waals surface area contributed by atoms with Crippen molar-refractivity contribution in [1.82, 2.24) is 4.72 Å². The number of hydrogen-bond donors (Lipinski definition) is 2. The van der Waals surface area contributed by atoms with Gasteiger partial charge >= 0.3 is 0 Å². The molecule has 0 saturated heterocycles. The van der Waals surface area contributed by atoms with Gasteiger partial charge in [-0.05, 0) is 11.8 Å². The summed E-state index contributed by atoms with van der Waals surface area (Å²) in [6.45, 7) is 8.29. The lowest BCUT2D eigenvalue weighted by atomic mass is 9.95. The number of nitrogens with two attached hydrogens (primary N) is 1. The molecule has 0 aromatic carbocycles. The first kappa shape index (κ1) is 15.9. The summed E-state index contributed by atoms with van der Waals surface area (Å²) in [6, 6.07) is -0.0862. The van der Waals surface area contributed by atoms with Crippen LogP contribution in [-0.2, 0) is 10.0 Å². The van der Waals surface area contributed by atoms with Gasteiger partial charge in [0.25, 0.3) is 0 Å². The van der Waals surface area contributed by atoms with Crippen molar-refractivity contribution in [3.63, 3.8) is 0 Å². The van der Waals surface area contributed by atoms with Gasteiger partial charge < -0.3 is 5.73 Å². The Morgan fingerprint density at radius 1 is 1.19 bits per heavy atom. The zero-order chi connectivity index (χ0) is 12.8. The van der Waals surface area contributed by atoms with Crippen molar-refractivity contribution < 1.29 is 8.42 Å². The summed E-state index contributed by atoms with van der Waals surface area (Å²) in [6.07, 6.45) is 1.98. The largest absolute Gasteiger partial charge is 0.326 e. The highest BCUT2D eigenvalue weighted by molar-refractivity contribution is 7.89. The Kier molecular flexibility index (Phi) is 7.19. The van der Waals surface area contributed by atoms with Gasteiger partial charge in [0.2, 0.25) is 10.0 Å². The summed E-state index contributed by atoms with van der Waals surface area (Å²) in [4.78, 5) is 0. The van der Waals surface area contributed by atoms with Gasteiger partial charge in [-0.3, -0.25) is 0 Å². The average Bonchev–Trinajstić information content (AvgIpc) is 2.15. The zero-order valence-corrected chi connectivity index (χ0v) is 11.7. The maximum absolute atomic E-state index is 11.6. The highest BCUT2D eigenvalue weighted by Gasteiger charge is 2.18. The predicted molar refractivity (Wildman–Crippen MR) is 68.7 cm³/mol. The molecule has 4 nitrogen and oxygen atoms in total. The first-order valence-corrected chi connectivity index (χ1v) is 7.70. The van der Waals surface area contributed by atoms with E-state index in [0.29, 0.717) is 12.5 Å². The van der Waals surface area contributed by atoms with Gasteiger partial charge in [0.15, 0.2) is 0 Å². The van der Waals surface area contributed by atoms with Gasteiger partial charge in [-0.2, -0.15) is 0 Å². The van der Waals surface area contributed by atoms with Crippen LogP contribution in [0.1, 0.15) is 40.5 Å². The number of hydrogen-bond acceptors (Lipinski definition) is 3. The normalized spacial score (nSPS) is 14.7. The highest BCUT2D eigenvalue weighted by Crippen LogP contribution is 2.11. The van der Waals surface area contributed by atoms with Gasteiger partial charge in [-0.25, -0.2) is 13.1 Å². The third kappa shape index (κ3) is 6.45.